The van der Waals surface area contributed by atoms with Crippen LogP contribution in [0, 0.1) is 0 Å². The second-order valence-corrected chi connectivity index (χ2v) is 11.1. The van der Waals surface area contributed by atoms with Gasteiger partial charge in [0.05, 0.1) is 19.1 Å². The number of hydrogen-bond donors (Lipinski definition) is 5. The number of nitrogens with two attached hydrogens (primary N) is 1. The minimum absolute atomic E-state index is 0.0930. The highest BCUT2D eigenvalue weighted by molar-refractivity contribution is 7.86. The van der Waals surface area contributed by atoms with E-state index in [1.54, 1.807) is 0 Å². The maximum absolute atomic E-state index is 12.1. The largest absolute Gasteiger partial charge is 0.506 e. The van der Waals surface area contributed by atoms with E-state index in [4.69, 9.17) is 15.2 Å². The number of azo groups is 2. The maximum Gasteiger partial charge on any atom is 0.296 e. The molecule has 0 aliphatic rings. The first-order valence-corrected chi connectivity index (χ1v) is 14.0. The third-order valence-corrected chi connectivity index (χ3v) is 7.32. The van der Waals surface area contributed by atoms with Gasteiger partial charge in [-0.1, -0.05) is 0 Å². The molecule has 4 aromatic carbocycles. The van der Waals surface area contributed by atoms with Crippen molar-refractivity contribution in [3.63, 3.8) is 0 Å². The van der Waals surface area contributed by atoms with Crippen LogP contribution in [0.15, 0.2) is 84.8 Å². The first kappa shape index (κ1) is 29.2. The summed E-state index contributed by atoms with van der Waals surface area (Å²) < 4.78 is 76.9. The van der Waals surface area contributed by atoms with Crippen LogP contribution in [0.5, 0.6) is 23.0 Å². The van der Waals surface area contributed by atoms with Crippen LogP contribution in [-0.4, -0.2) is 50.4 Å². The van der Waals surface area contributed by atoms with Crippen molar-refractivity contribution in [3.8, 4) is 23.0 Å². The second kappa shape index (κ2) is 11.0. The zero-order valence-corrected chi connectivity index (χ0v) is 22.8. The normalized spacial score (nSPS) is 12.4. The third kappa shape index (κ3) is 6.17. The number of phenolic OH excluding ortho intramolecular Hbond substituents is 2. The molecule has 0 bridgehead atoms. The standard InChI is InChI=1S/C24H21N5O10S2/c1-38-20-10-16(26-28-18-9-14(40(32,33)34)4-6-19(18)30)17(11-21(20)39-2)27-29-23-22(41(35,36)37)8-12-7-13(25)3-5-15(12)24(23)31/h3-11,30-31H,25H2,1-2H3,(H,32,33,34)(H,35,36,37). The predicted octanol–water partition coefficient (Wildman–Crippen LogP) is 5.17. The number of nitrogens with zero attached hydrogens (tertiary/aromatic N) is 4. The smallest absolute Gasteiger partial charge is 0.296 e. The van der Waals surface area contributed by atoms with Gasteiger partial charge in [-0.3, -0.25) is 9.11 Å². The summed E-state index contributed by atoms with van der Waals surface area (Å²) in [5.74, 6) is -0.787. The number of nitrogen functional groups attached to an aromatic ring is 1. The van der Waals surface area contributed by atoms with Gasteiger partial charge in [0.1, 0.15) is 33.4 Å². The highest BCUT2D eigenvalue weighted by atomic mass is 32.2. The molecule has 0 aliphatic carbocycles. The Morgan fingerprint density at radius 1 is 0.707 bits per heavy atom. The van der Waals surface area contributed by atoms with Crippen LogP contribution in [0.25, 0.3) is 10.8 Å². The predicted molar refractivity (Wildman–Crippen MR) is 146 cm³/mol. The molecule has 0 aromatic heterocycles. The molecular weight excluding hydrogens is 582 g/mol. The first-order chi connectivity index (χ1) is 19.2. The molecule has 0 spiro atoms. The van der Waals surface area contributed by atoms with Gasteiger partial charge < -0.3 is 25.4 Å². The molecule has 0 atom stereocenters. The molecule has 6 N–H and O–H groups in total. The Morgan fingerprint density at radius 2 is 1.29 bits per heavy atom. The molecule has 4 aromatic rings. The minimum atomic E-state index is -4.90. The highest BCUT2D eigenvalue weighted by Crippen LogP contribution is 2.45. The summed E-state index contributed by atoms with van der Waals surface area (Å²) >= 11 is 0. The molecule has 15 nitrogen and oxygen atoms in total. The lowest BCUT2D eigenvalue weighted by atomic mass is 10.1. The van der Waals surface area contributed by atoms with Crippen molar-refractivity contribution < 1.29 is 45.6 Å². The van der Waals surface area contributed by atoms with Gasteiger partial charge in [-0.15, -0.1) is 20.5 Å². The Morgan fingerprint density at radius 3 is 1.85 bits per heavy atom. The summed E-state index contributed by atoms with van der Waals surface area (Å²) in [6.07, 6.45) is 0. The second-order valence-electron chi connectivity index (χ2n) is 8.25. The molecular formula is C24H21N5O10S2. The van der Waals surface area contributed by atoms with Crippen LogP contribution in [0.4, 0.5) is 28.4 Å². The van der Waals surface area contributed by atoms with Gasteiger partial charge in [0.2, 0.25) is 0 Å². The number of phenols is 2. The first-order valence-electron chi connectivity index (χ1n) is 11.2. The van der Waals surface area contributed by atoms with Gasteiger partial charge in [-0.25, -0.2) is 0 Å². The number of rotatable bonds is 8. The molecule has 0 unspecified atom stereocenters. The van der Waals surface area contributed by atoms with E-state index in [2.05, 4.69) is 20.5 Å². The van der Waals surface area contributed by atoms with E-state index in [9.17, 15) is 36.2 Å². The molecule has 0 saturated heterocycles. The number of methoxy groups -OCH3 is 2. The van der Waals surface area contributed by atoms with Gasteiger partial charge in [0, 0.05) is 23.2 Å². The van der Waals surface area contributed by atoms with Crippen molar-refractivity contribution in [2.75, 3.05) is 20.0 Å². The molecule has 4 rings (SSSR count). The van der Waals surface area contributed by atoms with Crippen molar-refractivity contribution in [1.82, 2.24) is 0 Å². The lowest BCUT2D eigenvalue weighted by Gasteiger charge is -2.11. The Bertz CT molecular complexity index is 1960. The highest BCUT2D eigenvalue weighted by Gasteiger charge is 2.22. The van der Waals surface area contributed by atoms with Gasteiger partial charge in [0.25, 0.3) is 20.2 Å². The zero-order valence-electron chi connectivity index (χ0n) is 21.1. The quantitative estimate of drug-likeness (QED) is 0.0998. The number of aromatic hydroxyl groups is 2. The number of hydrogen-bond acceptors (Lipinski definition) is 13. The van der Waals surface area contributed by atoms with Crippen LogP contribution < -0.4 is 15.2 Å². The van der Waals surface area contributed by atoms with Crippen molar-refractivity contribution in [2.45, 2.75) is 9.79 Å². The third-order valence-electron chi connectivity index (χ3n) is 5.60. The molecule has 17 heteroatoms. The van der Waals surface area contributed by atoms with E-state index in [-0.39, 0.29) is 45.0 Å². The molecule has 0 saturated carbocycles. The molecule has 0 heterocycles. The molecule has 0 amide bonds. The van der Waals surface area contributed by atoms with Gasteiger partial charge in [0.15, 0.2) is 17.2 Å². The van der Waals surface area contributed by atoms with Gasteiger partial charge in [-0.2, -0.15) is 16.8 Å². The number of ether oxygens (including phenoxy) is 2. The maximum atomic E-state index is 12.1. The van der Waals surface area contributed by atoms with E-state index < -0.39 is 47.2 Å². The Labute approximate surface area is 232 Å². The van der Waals surface area contributed by atoms with Crippen molar-refractivity contribution in [1.29, 1.82) is 0 Å². The average molecular weight is 604 g/mol. The fourth-order valence-corrected chi connectivity index (χ4v) is 4.79. The van der Waals surface area contributed by atoms with Crippen molar-refractivity contribution >= 4 is 59.4 Å². The molecule has 41 heavy (non-hydrogen) atoms. The van der Waals surface area contributed by atoms with E-state index in [0.717, 1.165) is 24.3 Å². The lowest BCUT2D eigenvalue weighted by molar-refractivity contribution is 0.355. The summed E-state index contributed by atoms with van der Waals surface area (Å²) in [4.78, 5) is -1.31. The Hall–Kier alpha value is -4.84. The SMILES string of the molecule is COc1cc(N=Nc2cc(S(=O)(=O)O)ccc2O)c(N=Nc2c(S(=O)(=O)O)cc3cc(N)ccc3c2O)cc1OC. The van der Waals surface area contributed by atoms with Crippen molar-refractivity contribution in [3.05, 3.63) is 54.6 Å². The fourth-order valence-electron chi connectivity index (χ4n) is 3.64. The summed E-state index contributed by atoms with van der Waals surface area (Å²) in [5.41, 5.74) is 4.89. The summed E-state index contributed by atoms with van der Waals surface area (Å²) in [5, 5.41) is 37.0. The molecule has 0 aliphatic heterocycles. The average Bonchev–Trinajstić information content (AvgIpc) is 2.90. The summed E-state index contributed by atoms with van der Waals surface area (Å²) in [6, 6.07) is 10.7. The van der Waals surface area contributed by atoms with E-state index in [1.807, 2.05) is 0 Å². The van der Waals surface area contributed by atoms with Crippen LogP contribution in [0.2, 0.25) is 0 Å². The monoisotopic (exact) mass is 603 g/mol. The molecule has 0 radical (unpaired) electrons. The molecule has 0 fully saturated rings. The van der Waals surface area contributed by atoms with E-state index in [0.29, 0.717) is 0 Å². The van der Waals surface area contributed by atoms with Gasteiger partial charge in [-0.05, 0) is 47.9 Å². The van der Waals surface area contributed by atoms with Crippen LogP contribution in [-0.2, 0) is 20.2 Å². The van der Waals surface area contributed by atoms with Crippen molar-refractivity contribution in [2.24, 2.45) is 20.5 Å². The van der Waals surface area contributed by atoms with E-state index >= 15 is 0 Å². The number of anilines is 1. The van der Waals surface area contributed by atoms with E-state index in [1.165, 1.54) is 44.6 Å². The fraction of sp³-hybridized carbons (Fsp3) is 0.0833. The Kier molecular flexibility index (Phi) is 7.80. The number of benzene rings is 4. The van der Waals surface area contributed by atoms with Crippen LogP contribution in [0.3, 0.4) is 0 Å². The summed E-state index contributed by atoms with van der Waals surface area (Å²) in [6.45, 7) is 0. The Balaban J connectivity index is 1.90. The molecule has 214 valence electrons. The van der Waals surface area contributed by atoms with Crippen LogP contribution >= 0.6 is 0 Å². The van der Waals surface area contributed by atoms with Crippen LogP contribution in [0.1, 0.15) is 0 Å². The topological polar surface area (TPSA) is 243 Å². The minimum Gasteiger partial charge on any atom is -0.506 e. The summed E-state index contributed by atoms with van der Waals surface area (Å²) in [7, 11) is -6.86. The van der Waals surface area contributed by atoms with Gasteiger partial charge >= 0.3 is 0 Å². The zero-order chi connectivity index (χ0) is 30.1. The lowest BCUT2D eigenvalue weighted by Crippen LogP contribution is -1.99. The number of fused-ring (bicyclic) bond motifs is 1.